The van der Waals surface area contributed by atoms with E-state index in [9.17, 15) is 0 Å². The van der Waals surface area contributed by atoms with Gasteiger partial charge in [-0.2, -0.15) is 5.10 Å². The molecule has 1 aliphatic carbocycles. The number of hydrogen-bond acceptors (Lipinski definition) is 2. The van der Waals surface area contributed by atoms with Crippen LogP contribution in [-0.4, -0.2) is 9.78 Å². The molecule has 0 saturated carbocycles. The standard InChI is InChI=1S/C12H21N3/c1-12(2,3)11-10-8(13)6-5-7-9(10)15(4)14-11/h8H,5-7,13H2,1-4H3. The topological polar surface area (TPSA) is 43.8 Å². The SMILES string of the molecule is Cn1nc(C(C)(C)C)c2c1CCCC2N. The molecule has 0 spiro atoms. The Labute approximate surface area is 91.7 Å². The van der Waals surface area contributed by atoms with Crippen molar-refractivity contribution in [1.29, 1.82) is 0 Å². The van der Waals surface area contributed by atoms with Crippen LogP contribution in [0.15, 0.2) is 0 Å². The molecular formula is C12H21N3. The van der Waals surface area contributed by atoms with E-state index >= 15 is 0 Å². The maximum Gasteiger partial charge on any atom is 0.0728 e. The van der Waals surface area contributed by atoms with Crippen LogP contribution in [-0.2, 0) is 18.9 Å². The van der Waals surface area contributed by atoms with Crippen molar-refractivity contribution in [2.45, 2.75) is 51.5 Å². The average molecular weight is 207 g/mol. The highest BCUT2D eigenvalue weighted by Crippen LogP contribution is 2.35. The molecule has 84 valence electrons. The third-order valence-corrected chi connectivity index (χ3v) is 3.22. The molecule has 1 aromatic rings. The van der Waals surface area contributed by atoms with Gasteiger partial charge < -0.3 is 5.73 Å². The number of hydrogen-bond donors (Lipinski definition) is 1. The molecule has 2 rings (SSSR count). The van der Waals surface area contributed by atoms with Gasteiger partial charge in [0.25, 0.3) is 0 Å². The Morgan fingerprint density at radius 1 is 1.40 bits per heavy atom. The fourth-order valence-electron chi connectivity index (χ4n) is 2.45. The number of nitrogens with two attached hydrogens (primary N) is 1. The van der Waals surface area contributed by atoms with E-state index in [1.165, 1.54) is 23.4 Å². The van der Waals surface area contributed by atoms with Crippen LogP contribution < -0.4 is 5.73 Å². The minimum Gasteiger partial charge on any atom is -0.324 e. The molecule has 0 aromatic carbocycles. The van der Waals surface area contributed by atoms with Gasteiger partial charge in [-0.15, -0.1) is 0 Å². The lowest BCUT2D eigenvalue weighted by atomic mass is 9.82. The molecule has 0 radical (unpaired) electrons. The van der Waals surface area contributed by atoms with E-state index in [0.717, 1.165) is 12.8 Å². The fraction of sp³-hybridized carbons (Fsp3) is 0.750. The van der Waals surface area contributed by atoms with Gasteiger partial charge in [-0.3, -0.25) is 4.68 Å². The largest absolute Gasteiger partial charge is 0.324 e. The van der Waals surface area contributed by atoms with E-state index in [-0.39, 0.29) is 11.5 Å². The number of rotatable bonds is 0. The molecule has 2 N–H and O–H groups in total. The van der Waals surface area contributed by atoms with E-state index in [4.69, 9.17) is 5.73 Å². The van der Waals surface area contributed by atoms with Crippen molar-refractivity contribution in [2.75, 3.05) is 0 Å². The van der Waals surface area contributed by atoms with Crippen LogP contribution in [0.5, 0.6) is 0 Å². The second kappa shape index (κ2) is 3.34. The lowest BCUT2D eigenvalue weighted by molar-refractivity contribution is 0.524. The average Bonchev–Trinajstić information content (AvgIpc) is 2.45. The summed E-state index contributed by atoms with van der Waals surface area (Å²) in [5.41, 5.74) is 10.2. The first-order valence-corrected chi connectivity index (χ1v) is 5.73. The van der Waals surface area contributed by atoms with Crippen molar-refractivity contribution in [1.82, 2.24) is 9.78 Å². The van der Waals surface area contributed by atoms with E-state index in [2.05, 4.69) is 25.9 Å². The third-order valence-electron chi connectivity index (χ3n) is 3.22. The van der Waals surface area contributed by atoms with Crippen LogP contribution in [0.2, 0.25) is 0 Å². The normalized spacial score (nSPS) is 21.5. The molecule has 1 heterocycles. The van der Waals surface area contributed by atoms with Crippen LogP contribution >= 0.6 is 0 Å². The molecule has 0 amide bonds. The van der Waals surface area contributed by atoms with Crippen molar-refractivity contribution in [2.24, 2.45) is 12.8 Å². The summed E-state index contributed by atoms with van der Waals surface area (Å²) in [6.45, 7) is 6.62. The maximum atomic E-state index is 6.20. The van der Waals surface area contributed by atoms with Gasteiger partial charge in [0.1, 0.15) is 0 Å². The quantitative estimate of drug-likeness (QED) is 0.707. The minimum absolute atomic E-state index is 0.0975. The maximum absolute atomic E-state index is 6.20. The molecule has 15 heavy (non-hydrogen) atoms. The lowest BCUT2D eigenvalue weighted by Crippen LogP contribution is -2.22. The first kappa shape index (κ1) is 10.7. The highest BCUT2D eigenvalue weighted by molar-refractivity contribution is 5.35. The van der Waals surface area contributed by atoms with Gasteiger partial charge >= 0.3 is 0 Å². The second-order valence-electron chi connectivity index (χ2n) is 5.58. The zero-order chi connectivity index (χ0) is 11.2. The van der Waals surface area contributed by atoms with Crippen molar-refractivity contribution >= 4 is 0 Å². The predicted octanol–water partition coefficient (Wildman–Crippen LogP) is 2.05. The molecule has 0 fully saturated rings. The van der Waals surface area contributed by atoms with Crippen LogP contribution in [0.25, 0.3) is 0 Å². The van der Waals surface area contributed by atoms with Crippen LogP contribution in [0, 0.1) is 0 Å². The summed E-state index contributed by atoms with van der Waals surface area (Å²) in [6.07, 6.45) is 3.42. The van der Waals surface area contributed by atoms with Gasteiger partial charge in [0.05, 0.1) is 5.69 Å². The summed E-state index contributed by atoms with van der Waals surface area (Å²) in [5.74, 6) is 0. The van der Waals surface area contributed by atoms with Gasteiger partial charge in [-0.25, -0.2) is 0 Å². The van der Waals surface area contributed by atoms with E-state index in [0.29, 0.717) is 0 Å². The Morgan fingerprint density at radius 3 is 2.67 bits per heavy atom. The van der Waals surface area contributed by atoms with Crippen molar-refractivity contribution in [3.63, 3.8) is 0 Å². The first-order chi connectivity index (χ1) is 6.91. The Balaban J connectivity index is 2.58. The molecule has 1 aliphatic rings. The molecule has 0 bridgehead atoms. The number of fused-ring (bicyclic) bond motifs is 1. The van der Waals surface area contributed by atoms with E-state index in [1.807, 2.05) is 11.7 Å². The Morgan fingerprint density at radius 2 is 2.07 bits per heavy atom. The first-order valence-electron chi connectivity index (χ1n) is 5.73. The van der Waals surface area contributed by atoms with Gasteiger partial charge in [-0.1, -0.05) is 20.8 Å². The summed E-state index contributed by atoms with van der Waals surface area (Å²) in [7, 11) is 2.03. The molecule has 1 atom stereocenters. The predicted molar refractivity (Wildman–Crippen MR) is 61.8 cm³/mol. The Hall–Kier alpha value is -0.830. The molecule has 1 unspecified atom stereocenters. The van der Waals surface area contributed by atoms with Crippen LogP contribution in [0.4, 0.5) is 0 Å². The van der Waals surface area contributed by atoms with Gasteiger partial charge in [0, 0.05) is 29.8 Å². The van der Waals surface area contributed by atoms with Gasteiger partial charge in [0.2, 0.25) is 0 Å². The van der Waals surface area contributed by atoms with Gasteiger partial charge in [-0.05, 0) is 19.3 Å². The smallest absolute Gasteiger partial charge is 0.0728 e. The molecule has 1 aromatic heterocycles. The second-order valence-corrected chi connectivity index (χ2v) is 5.58. The zero-order valence-electron chi connectivity index (χ0n) is 10.2. The summed E-state index contributed by atoms with van der Waals surface area (Å²) in [4.78, 5) is 0. The number of aryl methyl sites for hydroxylation is 1. The summed E-state index contributed by atoms with van der Waals surface area (Å²) >= 11 is 0. The van der Waals surface area contributed by atoms with Crippen molar-refractivity contribution in [3.05, 3.63) is 17.0 Å². The summed E-state index contributed by atoms with van der Waals surface area (Å²) in [6, 6.07) is 0.191. The molecule has 0 saturated heterocycles. The Kier molecular flexibility index (Phi) is 2.38. The van der Waals surface area contributed by atoms with Crippen molar-refractivity contribution in [3.8, 4) is 0 Å². The van der Waals surface area contributed by atoms with Crippen molar-refractivity contribution < 1.29 is 0 Å². The molecular weight excluding hydrogens is 186 g/mol. The van der Waals surface area contributed by atoms with E-state index < -0.39 is 0 Å². The lowest BCUT2D eigenvalue weighted by Gasteiger charge is -2.24. The number of nitrogens with zero attached hydrogens (tertiary/aromatic N) is 2. The van der Waals surface area contributed by atoms with Crippen LogP contribution in [0.1, 0.15) is 56.6 Å². The van der Waals surface area contributed by atoms with Gasteiger partial charge in [0.15, 0.2) is 0 Å². The highest BCUT2D eigenvalue weighted by atomic mass is 15.3. The fourth-order valence-corrected chi connectivity index (χ4v) is 2.45. The third kappa shape index (κ3) is 1.69. The molecule has 3 nitrogen and oxygen atoms in total. The monoisotopic (exact) mass is 207 g/mol. The molecule has 0 aliphatic heterocycles. The summed E-state index contributed by atoms with van der Waals surface area (Å²) in [5, 5.41) is 4.65. The van der Waals surface area contributed by atoms with Crippen LogP contribution in [0.3, 0.4) is 0 Å². The molecule has 3 heteroatoms. The number of aromatic nitrogens is 2. The van der Waals surface area contributed by atoms with E-state index in [1.54, 1.807) is 0 Å². The Bertz CT molecular complexity index is 371. The minimum atomic E-state index is 0.0975. The summed E-state index contributed by atoms with van der Waals surface area (Å²) < 4.78 is 2.02. The highest BCUT2D eigenvalue weighted by Gasteiger charge is 2.30. The zero-order valence-corrected chi connectivity index (χ0v) is 10.2.